The van der Waals surface area contributed by atoms with Crippen LogP contribution in [0.15, 0.2) is 0 Å². The summed E-state index contributed by atoms with van der Waals surface area (Å²) in [5, 5.41) is 6.57. The SMILES string of the molecule is CC1(C)CNCCN(CC2CCCN2)S1(=O)=O. The lowest BCUT2D eigenvalue weighted by Gasteiger charge is -2.30. The first-order chi connectivity index (χ1) is 7.93. The van der Waals surface area contributed by atoms with E-state index in [1.807, 2.05) is 0 Å². The van der Waals surface area contributed by atoms with E-state index >= 15 is 0 Å². The van der Waals surface area contributed by atoms with Crippen LogP contribution in [-0.4, -0.2) is 56.2 Å². The predicted octanol–water partition coefficient (Wildman–Crippen LogP) is -0.248. The molecule has 2 saturated heterocycles. The Morgan fingerprint density at radius 3 is 2.76 bits per heavy atom. The van der Waals surface area contributed by atoms with E-state index in [1.165, 1.54) is 0 Å². The lowest BCUT2D eigenvalue weighted by Crippen LogP contribution is -2.49. The van der Waals surface area contributed by atoms with Crippen molar-refractivity contribution >= 4 is 10.0 Å². The molecule has 0 aliphatic carbocycles. The van der Waals surface area contributed by atoms with Crippen molar-refractivity contribution in [3.05, 3.63) is 0 Å². The third-order valence-electron chi connectivity index (χ3n) is 3.71. The molecule has 2 aliphatic heterocycles. The van der Waals surface area contributed by atoms with Gasteiger partial charge < -0.3 is 10.6 Å². The fraction of sp³-hybridized carbons (Fsp3) is 1.00. The molecule has 17 heavy (non-hydrogen) atoms. The highest BCUT2D eigenvalue weighted by molar-refractivity contribution is 7.90. The summed E-state index contributed by atoms with van der Waals surface area (Å²) in [6.45, 7) is 7.10. The van der Waals surface area contributed by atoms with Crippen LogP contribution in [-0.2, 0) is 10.0 Å². The zero-order valence-electron chi connectivity index (χ0n) is 10.7. The first-order valence-corrected chi connectivity index (χ1v) is 7.81. The summed E-state index contributed by atoms with van der Waals surface area (Å²) < 4.78 is 26.0. The summed E-state index contributed by atoms with van der Waals surface area (Å²) in [4.78, 5) is 0. The first kappa shape index (κ1) is 13.3. The summed E-state index contributed by atoms with van der Waals surface area (Å²) >= 11 is 0. The van der Waals surface area contributed by atoms with E-state index in [1.54, 1.807) is 18.2 Å². The molecule has 0 radical (unpaired) electrons. The molecule has 5 nitrogen and oxygen atoms in total. The molecule has 1 unspecified atom stereocenters. The molecule has 100 valence electrons. The molecule has 2 rings (SSSR count). The smallest absolute Gasteiger partial charge is 0.220 e. The van der Waals surface area contributed by atoms with Gasteiger partial charge in [0.05, 0.1) is 4.75 Å². The van der Waals surface area contributed by atoms with Gasteiger partial charge >= 0.3 is 0 Å². The molecule has 0 bridgehead atoms. The fourth-order valence-corrected chi connectivity index (χ4v) is 4.19. The third kappa shape index (κ3) is 2.65. The molecule has 0 aromatic rings. The van der Waals surface area contributed by atoms with Crippen molar-refractivity contribution in [2.45, 2.75) is 37.5 Å². The van der Waals surface area contributed by atoms with Crippen molar-refractivity contribution in [2.24, 2.45) is 0 Å². The predicted molar refractivity (Wildman–Crippen MR) is 68.5 cm³/mol. The van der Waals surface area contributed by atoms with E-state index in [0.717, 1.165) is 25.9 Å². The average Bonchev–Trinajstić information content (AvgIpc) is 2.71. The van der Waals surface area contributed by atoms with Crippen LogP contribution >= 0.6 is 0 Å². The highest BCUT2D eigenvalue weighted by Crippen LogP contribution is 2.23. The average molecular weight is 261 g/mol. The molecule has 0 aromatic carbocycles. The standard InChI is InChI=1S/C11H23N3O2S/c1-11(2)9-12-6-7-14(17(11,15)16)8-10-4-3-5-13-10/h10,12-13H,3-9H2,1-2H3. The maximum atomic E-state index is 12.5. The zero-order chi connectivity index (χ0) is 12.5. The lowest BCUT2D eigenvalue weighted by atomic mass is 10.2. The van der Waals surface area contributed by atoms with Crippen molar-refractivity contribution in [2.75, 3.05) is 32.7 Å². The molecular formula is C11H23N3O2S. The van der Waals surface area contributed by atoms with Gasteiger partial charge in [0.15, 0.2) is 0 Å². The van der Waals surface area contributed by atoms with Crippen LogP contribution < -0.4 is 10.6 Å². The first-order valence-electron chi connectivity index (χ1n) is 6.37. The van der Waals surface area contributed by atoms with Crippen molar-refractivity contribution < 1.29 is 8.42 Å². The van der Waals surface area contributed by atoms with Gasteiger partial charge in [-0.25, -0.2) is 8.42 Å². The maximum Gasteiger partial charge on any atom is 0.220 e. The molecule has 0 spiro atoms. The Labute approximate surface area is 104 Å². The molecule has 0 aromatic heterocycles. The van der Waals surface area contributed by atoms with Crippen LogP contribution in [0, 0.1) is 0 Å². The van der Waals surface area contributed by atoms with Crippen LogP contribution in [0.3, 0.4) is 0 Å². The van der Waals surface area contributed by atoms with E-state index in [4.69, 9.17) is 0 Å². The normalized spacial score (nSPS) is 33.4. The Morgan fingerprint density at radius 2 is 2.12 bits per heavy atom. The number of nitrogens with one attached hydrogen (secondary N) is 2. The van der Waals surface area contributed by atoms with Gasteiger partial charge in [-0.1, -0.05) is 0 Å². The van der Waals surface area contributed by atoms with E-state index in [2.05, 4.69) is 10.6 Å². The molecule has 2 heterocycles. The van der Waals surface area contributed by atoms with Crippen LogP contribution in [0.4, 0.5) is 0 Å². The lowest BCUT2D eigenvalue weighted by molar-refractivity contribution is 0.371. The molecule has 2 N–H and O–H groups in total. The van der Waals surface area contributed by atoms with Crippen molar-refractivity contribution in [1.82, 2.24) is 14.9 Å². The van der Waals surface area contributed by atoms with Crippen LogP contribution in [0.25, 0.3) is 0 Å². The number of hydrogen-bond acceptors (Lipinski definition) is 4. The Kier molecular flexibility index (Phi) is 3.77. The summed E-state index contributed by atoms with van der Waals surface area (Å²) in [5.41, 5.74) is 0. The third-order valence-corrected chi connectivity index (χ3v) is 6.27. The van der Waals surface area contributed by atoms with Crippen LogP contribution in [0.1, 0.15) is 26.7 Å². The van der Waals surface area contributed by atoms with E-state index in [9.17, 15) is 8.42 Å². The largest absolute Gasteiger partial charge is 0.314 e. The molecule has 0 amide bonds. The second-order valence-electron chi connectivity index (χ2n) is 5.59. The number of nitrogens with zero attached hydrogens (tertiary/aromatic N) is 1. The van der Waals surface area contributed by atoms with Gasteiger partial charge in [0, 0.05) is 32.2 Å². The quantitative estimate of drug-likeness (QED) is 0.720. The molecular weight excluding hydrogens is 238 g/mol. The van der Waals surface area contributed by atoms with Gasteiger partial charge in [-0.2, -0.15) is 4.31 Å². The van der Waals surface area contributed by atoms with E-state index < -0.39 is 14.8 Å². The van der Waals surface area contributed by atoms with Crippen molar-refractivity contribution in [3.8, 4) is 0 Å². The molecule has 1 atom stereocenters. The Balaban J connectivity index is 2.13. The second-order valence-corrected chi connectivity index (χ2v) is 8.16. The van der Waals surface area contributed by atoms with Gasteiger partial charge in [-0.15, -0.1) is 0 Å². The van der Waals surface area contributed by atoms with Crippen LogP contribution in [0.5, 0.6) is 0 Å². The summed E-state index contributed by atoms with van der Waals surface area (Å²) in [6.07, 6.45) is 2.24. The molecule has 2 fully saturated rings. The summed E-state index contributed by atoms with van der Waals surface area (Å²) in [7, 11) is -3.19. The maximum absolute atomic E-state index is 12.5. The zero-order valence-corrected chi connectivity index (χ0v) is 11.5. The Morgan fingerprint density at radius 1 is 1.35 bits per heavy atom. The number of sulfonamides is 1. The van der Waals surface area contributed by atoms with Gasteiger partial charge in [-0.05, 0) is 33.2 Å². The minimum Gasteiger partial charge on any atom is -0.314 e. The minimum atomic E-state index is -3.19. The highest BCUT2D eigenvalue weighted by atomic mass is 32.2. The fourth-order valence-electron chi connectivity index (χ4n) is 2.50. The van der Waals surface area contributed by atoms with Crippen molar-refractivity contribution in [1.29, 1.82) is 0 Å². The monoisotopic (exact) mass is 261 g/mol. The van der Waals surface area contributed by atoms with E-state index in [-0.39, 0.29) is 0 Å². The molecule has 2 aliphatic rings. The van der Waals surface area contributed by atoms with Gasteiger partial charge in [0.2, 0.25) is 10.0 Å². The minimum absolute atomic E-state index is 0.332. The Hall–Kier alpha value is -0.170. The topological polar surface area (TPSA) is 61.4 Å². The van der Waals surface area contributed by atoms with E-state index in [0.29, 0.717) is 25.7 Å². The summed E-state index contributed by atoms with van der Waals surface area (Å²) in [6, 6.07) is 0.332. The number of rotatable bonds is 2. The second kappa shape index (κ2) is 4.84. The molecule has 0 saturated carbocycles. The molecule has 6 heteroatoms. The number of hydrogen-bond donors (Lipinski definition) is 2. The van der Waals surface area contributed by atoms with Gasteiger partial charge in [0.25, 0.3) is 0 Å². The highest BCUT2D eigenvalue weighted by Gasteiger charge is 2.41. The Bertz CT molecular complexity index is 361. The van der Waals surface area contributed by atoms with Crippen molar-refractivity contribution in [3.63, 3.8) is 0 Å². The van der Waals surface area contributed by atoms with Crippen LogP contribution in [0.2, 0.25) is 0 Å². The summed E-state index contributed by atoms with van der Waals surface area (Å²) in [5.74, 6) is 0. The van der Waals surface area contributed by atoms with Gasteiger partial charge in [0.1, 0.15) is 0 Å². The van der Waals surface area contributed by atoms with Gasteiger partial charge in [-0.3, -0.25) is 0 Å².